The van der Waals surface area contributed by atoms with Crippen molar-refractivity contribution in [2.45, 2.75) is 13.3 Å². The SMILES string of the molecule is CCc1nccn1-c1ccnc(F)c1. The second kappa shape index (κ2) is 3.57. The second-order valence-electron chi connectivity index (χ2n) is 2.90. The van der Waals surface area contributed by atoms with Crippen LogP contribution in [0.2, 0.25) is 0 Å². The Hall–Kier alpha value is -1.71. The molecule has 0 aliphatic rings. The summed E-state index contributed by atoms with van der Waals surface area (Å²) in [6.07, 6.45) is 5.78. The summed E-state index contributed by atoms with van der Waals surface area (Å²) in [4.78, 5) is 7.67. The molecule has 2 rings (SSSR count). The Labute approximate surface area is 81.2 Å². The van der Waals surface area contributed by atoms with Crippen molar-refractivity contribution in [3.63, 3.8) is 0 Å². The summed E-state index contributed by atoms with van der Waals surface area (Å²) in [5.41, 5.74) is 0.756. The van der Waals surface area contributed by atoms with Crippen LogP contribution in [0, 0.1) is 5.95 Å². The van der Waals surface area contributed by atoms with Crippen LogP contribution in [0.3, 0.4) is 0 Å². The van der Waals surface area contributed by atoms with E-state index in [1.54, 1.807) is 12.3 Å². The lowest BCUT2D eigenvalue weighted by Crippen LogP contribution is -1.99. The Morgan fingerprint density at radius 3 is 2.93 bits per heavy atom. The van der Waals surface area contributed by atoms with Gasteiger partial charge in [0.1, 0.15) is 5.82 Å². The number of rotatable bonds is 2. The maximum atomic E-state index is 12.8. The summed E-state index contributed by atoms with van der Waals surface area (Å²) in [6, 6.07) is 3.14. The molecule has 0 aliphatic heterocycles. The van der Waals surface area contributed by atoms with Gasteiger partial charge in [0.05, 0.1) is 5.69 Å². The third kappa shape index (κ3) is 1.51. The number of aromatic nitrogens is 3. The van der Waals surface area contributed by atoms with Crippen molar-refractivity contribution >= 4 is 0 Å². The van der Waals surface area contributed by atoms with Crippen LogP contribution in [-0.2, 0) is 6.42 Å². The molecule has 4 heteroatoms. The van der Waals surface area contributed by atoms with Crippen LogP contribution in [0.5, 0.6) is 0 Å². The molecular formula is C10H10FN3. The maximum Gasteiger partial charge on any atom is 0.214 e. The minimum Gasteiger partial charge on any atom is -0.304 e. The van der Waals surface area contributed by atoms with Crippen molar-refractivity contribution in [1.29, 1.82) is 0 Å². The zero-order valence-corrected chi connectivity index (χ0v) is 7.81. The fourth-order valence-electron chi connectivity index (χ4n) is 1.37. The second-order valence-corrected chi connectivity index (χ2v) is 2.90. The van der Waals surface area contributed by atoms with Crippen LogP contribution < -0.4 is 0 Å². The van der Waals surface area contributed by atoms with Crippen LogP contribution in [-0.4, -0.2) is 14.5 Å². The predicted molar refractivity (Wildman–Crippen MR) is 50.7 cm³/mol. The molecule has 0 bridgehead atoms. The van der Waals surface area contributed by atoms with Gasteiger partial charge in [0, 0.05) is 31.1 Å². The van der Waals surface area contributed by atoms with E-state index in [2.05, 4.69) is 9.97 Å². The highest BCUT2D eigenvalue weighted by Crippen LogP contribution is 2.10. The number of hydrogen-bond acceptors (Lipinski definition) is 2. The van der Waals surface area contributed by atoms with E-state index in [1.165, 1.54) is 12.3 Å². The van der Waals surface area contributed by atoms with Crippen molar-refractivity contribution in [2.75, 3.05) is 0 Å². The predicted octanol–water partition coefficient (Wildman–Crippen LogP) is 1.97. The van der Waals surface area contributed by atoms with E-state index in [-0.39, 0.29) is 0 Å². The maximum absolute atomic E-state index is 12.8. The fourth-order valence-corrected chi connectivity index (χ4v) is 1.37. The quantitative estimate of drug-likeness (QED) is 0.679. The number of halogens is 1. The molecule has 2 aromatic heterocycles. The molecule has 14 heavy (non-hydrogen) atoms. The molecule has 0 N–H and O–H groups in total. The van der Waals surface area contributed by atoms with E-state index >= 15 is 0 Å². The van der Waals surface area contributed by atoms with Gasteiger partial charge in [0.15, 0.2) is 0 Å². The van der Waals surface area contributed by atoms with Crippen LogP contribution in [0.15, 0.2) is 30.7 Å². The van der Waals surface area contributed by atoms with Gasteiger partial charge in [-0.25, -0.2) is 9.97 Å². The number of nitrogens with zero attached hydrogens (tertiary/aromatic N) is 3. The smallest absolute Gasteiger partial charge is 0.214 e. The Balaban J connectivity index is 2.49. The van der Waals surface area contributed by atoms with E-state index in [0.29, 0.717) is 0 Å². The molecule has 0 spiro atoms. The molecule has 0 aliphatic carbocycles. The average molecular weight is 191 g/mol. The van der Waals surface area contributed by atoms with E-state index in [4.69, 9.17) is 0 Å². The van der Waals surface area contributed by atoms with Gasteiger partial charge in [-0.2, -0.15) is 4.39 Å². The molecule has 0 saturated carbocycles. The minimum absolute atomic E-state index is 0.474. The highest BCUT2D eigenvalue weighted by Gasteiger charge is 2.03. The van der Waals surface area contributed by atoms with Crippen LogP contribution >= 0.6 is 0 Å². The first-order chi connectivity index (χ1) is 6.81. The summed E-state index contributed by atoms with van der Waals surface area (Å²) in [5.74, 6) is 0.439. The van der Waals surface area contributed by atoms with Gasteiger partial charge in [0.25, 0.3) is 0 Å². The zero-order chi connectivity index (χ0) is 9.97. The molecule has 0 fully saturated rings. The normalized spacial score (nSPS) is 10.4. The largest absolute Gasteiger partial charge is 0.304 e. The third-order valence-corrected chi connectivity index (χ3v) is 2.02. The molecular weight excluding hydrogens is 181 g/mol. The molecule has 0 aromatic carbocycles. The first-order valence-electron chi connectivity index (χ1n) is 4.45. The molecule has 2 heterocycles. The lowest BCUT2D eigenvalue weighted by molar-refractivity contribution is 0.582. The van der Waals surface area contributed by atoms with E-state index in [9.17, 15) is 4.39 Å². The first-order valence-corrected chi connectivity index (χ1v) is 4.45. The molecule has 2 aromatic rings. The Morgan fingerprint density at radius 1 is 1.36 bits per heavy atom. The van der Waals surface area contributed by atoms with Crippen LogP contribution in [0.1, 0.15) is 12.7 Å². The van der Waals surface area contributed by atoms with Crippen molar-refractivity contribution in [1.82, 2.24) is 14.5 Å². The number of aryl methyl sites for hydroxylation is 1. The summed E-state index contributed by atoms with van der Waals surface area (Å²) in [6.45, 7) is 2.01. The van der Waals surface area contributed by atoms with Gasteiger partial charge in [-0.15, -0.1) is 0 Å². The highest BCUT2D eigenvalue weighted by atomic mass is 19.1. The fraction of sp³-hybridized carbons (Fsp3) is 0.200. The molecule has 0 unspecified atom stereocenters. The Morgan fingerprint density at radius 2 is 2.21 bits per heavy atom. The summed E-state index contributed by atoms with van der Waals surface area (Å²) in [5, 5.41) is 0. The lowest BCUT2D eigenvalue weighted by Gasteiger charge is -2.05. The summed E-state index contributed by atoms with van der Waals surface area (Å²) < 4.78 is 14.7. The average Bonchev–Trinajstić information content (AvgIpc) is 2.65. The number of pyridine rings is 1. The van der Waals surface area contributed by atoms with Gasteiger partial charge >= 0.3 is 0 Å². The molecule has 0 radical (unpaired) electrons. The molecule has 0 saturated heterocycles. The molecule has 0 amide bonds. The van der Waals surface area contributed by atoms with Gasteiger partial charge in [-0.3, -0.25) is 0 Å². The number of hydrogen-bond donors (Lipinski definition) is 0. The zero-order valence-electron chi connectivity index (χ0n) is 7.81. The Kier molecular flexibility index (Phi) is 2.26. The van der Waals surface area contributed by atoms with Gasteiger partial charge in [-0.1, -0.05) is 6.92 Å². The number of imidazole rings is 1. The summed E-state index contributed by atoms with van der Waals surface area (Å²) >= 11 is 0. The topological polar surface area (TPSA) is 30.7 Å². The van der Waals surface area contributed by atoms with E-state index in [1.807, 2.05) is 17.7 Å². The van der Waals surface area contributed by atoms with Gasteiger partial charge in [-0.05, 0) is 6.07 Å². The molecule has 72 valence electrons. The van der Waals surface area contributed by atoms with Crippen LogP contribution in [0.25, 0.3) is 5.69 Å². The van der Waals surface area contributed by atoms with Crippen LogP contribution in [0.4, 0.5) is 4.39 Å². The van der Waals surface area contributed by atoms with Crippen molar-refractivity contribution in [2.24, 2.45) is 0 Å². The van der Waals surface area contributed by atoms with E-state index in [0.717, 1.165) is 17.9 Å². The monoisotopic (exact) mass is 191 g/mol. The van der Waals surface area contributed by atoms with Crippen molar-refractivity contribution < 1.29 is 4.39 Å². The van der Waals surface area contributed by atoms with Crippen molar-refractivity contribution in [3.05, 3.63) is 42.5 Å². The molecule has 0 atom stereocenters. The first kappa shape index (κ1) is 8.87. The Bertz CT molecular complexity index is 436. The standard InChI is InChI=1S/C10H10FN3/c1-2-10-13-5-6-14(10)8-3-4-12-9(11)7-8/h3-7H,2H2,1H3. The lowest BCUT2D eigenvalue weighted by atomic mass is 10.3. The van der Waals surface area contributed by atoms with Gasteiger partial charge < -0.3 is 4.57 Å². The van der Waals surface area contributed by atoms with Gasteiger partial charge in [0.2, 0.25) is 5.95 Å². The molecule has 3 nitrogen and oxygen atoms in total. The minimum atomic E-state index is -0.474. The van der Waals surface area contributed by atoms with E-state index < -0.39 is 5.95 Å². The summed E-state index contributed by atoms with van der Waals surface area (Å²) in [7, 11) is 0. The highest BCUT2D eigenvalue weighted by molar-refractivity contribution is 5.31. The van der Waals surface area contributed by atoms with Crippen molar-refractivity contribution in [3.8, 4) is 5.69 Å². The third-order valence-electron chi connectivity index (χ3n) is 2.02.